The number of halogens is 3. The van der Waals surface area contributed by atoms with Gasteiger partial charge in [0.15, 0.2) is 12.3 Å². The van der Waals surface area contributed by atoms with Crippen LogP contribution in [0.15, 0.2) is 36.7 Å². The van der Waals surface area contributed by atoms with E-state index in [1.54, 1.807) is 49.8 Å². The van der Waals surface area contributed by atoms with E-state index in [0.29, 0.717) is 51.3 Å². The summed E-state index contributed by atoms with van der Waals surface area (Å²) in [6, 6.07) is 7.93. The van der Waals surface area contributed by atoms with Gasteiger partial charge in [-0.05, 0) is 63.3 Å². The van der Waals surface area contributed by atoms with Crippen LogP contribution in [0.3, 0.4) is 0 Å². The van der Waals surface area contributed by atoms with Gasteiger partial charge in [0.1, 0.15) is 29.4 Å². The number of aromatic nitrogens is 4. The molecule has 256 valence electrons. The van der Waals surface area contributed by atoms with Crippen molar-refractivity contribution >= 4 is 40.3 Å². The number of carbonyl (C=O) groups excluding carboxylic acids is 2. The van der Waals surface area contributed by atoms with Crippen molar-refractivity contribution < 1.29 is 27.8 Å². The van der Waals surface area contributed by atoms with Gasteiger partial charge < -0.3 is 14.4 Å². The van der Waals surface area contributed by atoms with Gasteiger partial charge >= 0.3 is 6.09 Å². The summed E-state index contributed by atoms with van der Waals surface area (Å²) < 4.78 is 43.3. The van der Waals surface area contributed by atoms with Gasteiger partial charge in [-0.2, -0.15) is 10.4 Å². The van der Waals surface area contributed by atoms with Gasteiger partial charge in [0.05, 0.1) is 53.0 Å². The predicted molar refractivity (Wildman–Crippen MR) is 178 cm³/mol. The van der Waals surface area contributed by atoms with Crippen molar-refractivity contribution in [3.05, 3.63) is 64.5 Å². The first-order valence-electron chi connectivity index (χ1n) is 16.0. The quantitative estimate of drug-likeness (QED) is 0.216. The van der Waals surface area contributed by atoms with E-state index in [4.69, 9.17) is 26.1 Å². The molecule has 0 N–H and O–H groups in total. The molecule has 0 aliphatic carbocycles. The number of hydrogen-bond acceptors (Lipinski definition) is 8. The highest BCUT2D eigenvalue weighted by molar-refractivity contribution is 6.30. The van der Waals surface area contributed by atoms with Crippen LogP contribution in [0.5, 0.6) is 5.75 Å². The Morgan fingerprint density at radius 2 is 2.00 bits per heavy atom. The van der Waals surface area contributed by atoms with Crippen molar-refractivity contribution in [1.82, 2.24) is 24.6 Å². The molecular formula is C35H36ClF2N7O4. The summed E-state index contributed by atoms with van der Waals surface area (Å²) >= 11 is 5.87. The zero-order valence-corrected chi connectivity index (χ0v) is 28.6. The molecule has 0 bridgehead atoms. The van der Waals surface area contributed by atoms with Gasteiger partial charge in [-0.3, -0.25) is 14.7 Å². The molecule has 11 nitrogen and oxygen atoms in total. The Balaban J connectivity index is 1.39. The minimum Gasteiger partial charge on any atom is -0.482 e. The van der Waals surface area contributed by atoms with Gasteiger partial charge in [0.25, 0.3) is 5.91 Å². The molecule has 4 aromatic rings. The number of hydrogen-bond donors (Lipinski definition) is 0. The number of benzene rings is 1. The number of amides is 2. The molecule has 1 fully saturated rings. The number of anilines is 1. The van der Waals surface area contributed by atoms with E-state index in [-0.39, 0.29) is 55.2 Å². The van der Waals surface area contributed by atoms with Crippen LogP contribution in [0.1, 0.15) is 64.0 Å². The minimum atomic E-state index is -1.44. The fourth-order valence-corrected chi connectivity index (χ4v) is 6.35. The highest BCUT2D eigenvalue weighted by Crippen LogP contribution is 2.41. The Morgan fingerprint density at radius 1 is 1.22 bits per heavy atom. The normalized spacial score (nSPS) is 18.0. The molecule has 5 heterocycles. The molecule has 2 amide bonds. The average Bonchev–Trinajstić information content (AvgIpc) is 3.44. The Kier molecular flexibility index (Phi) is 9.19. The Labute approximate surface area is 287 Å². The molecule has 0 spiro atoms. The van der Waals surface area contributed by atoms with Crippen LogP contribution in [0.2, 0.25) is 5.02 Å². The van der Waals surface area contributed by atoms with Gasteiger partial charge in [-0.25, -0.2) is 23.2 Å². The molecule has 1 unspecified atom stereocenters. The van der Waals surface area contributed by atoms with Crippen LogP contribution in [0.25, 0.3) is 22.2 Å². The van der Waals surface area contributed by atoms with Crippen LogP contribution in [0.4, 0.5) is 19.3 Å². The molecule has 49 heavy (non-hydrogen) atoms. The van der Waals surface area contributed by atoms with Gasteiger partial charge in [0, 0.05) is 23.7 Å². The number of likely N-dealkylation sites (tertiary alicyclic amines) is 1. The van der Waals surface area contributed by atoms with E-state index in [1.807, 2.05) is 13.8 Å². The first-order chi connectivity index (χ1) is 23.2. The van der Waals surface area contributed by atoms with Gasteiger partial charge in [-0.1, -0.05) is 31.5 Å². The highest BCUT2D eigenvalue weighted by Gasteiger charge is 2.37. The monoisotopic (exact) mass is 691 g/mol. The Hall–Kier alpha value is -4.83. The lowest BCUT2D eigenvalue weighted by Crippen LogP contribution is -2.47. The molecule has 1 saturated heterocycles. The molecule has 1 aromatic carbocycles. The number of fused-ring (bicyclic) bond motifs is 2. The molecule has 0 saturated carbocycles. The first-order valence-corrected chi connectivity index (χ1v) is 16.4. The molecular weight excluding hydrogens is 656 g/mol. The van der Waals surface area contributed by atoms with Crippen LogP contribution >= 0.6 is 11.6 Å². The van der Waals surface area contributed by atoms with Crippen molar-refractivity contribution in [1.29, 1.82) is 5.26 Å². The largest absolute Gasteiger partial charge is 0.482 e. The second-order valence-electron chi connectivity index (χ2n) is 13.7. The number of nitrogens with zero attached hydrogens (tertiary/aromatic N) is 7. The van der Waals surface area contributed by atoms with Crippen LogP contribution in [-0.2, 0) is 22.5 Å². The Bertz CT molecular complexity index is 1990. The van der Waals surface area contributed by atoms with Crippen molar-refractivity contribution in [3.63, 3.8) is 0 Å². The molecule has 2 aliphatic rings. The average molecular weight is 692 g/mol. The topological polar surface area (TPSA) is 126 Å². The molecule has 6 rings (SSSR count). The number of alkyl halides is 1. The summed E-state index contributed by atoms with van der Waals surface area (Å²) in [5, 5.41) is 15.7. The summed E-state index contributed by atoms with van der Waals surface area (Å²) in [6.07, 6.45) is 1.65. The lowest BCUT2D eigenvalue weighted by atomic mass is 9.93. The van der Waals surface area contributed by atoms with Crippen LogP contribution in [0, 0.1) is 23.1 Å². The van der Waals surface area contributed by atoms with E-state index in [2.05, 4.69) is 16.2 Å². The maximum Gasteiger partial charge on any atom is 0.410 e. The zero-order valence-electron chi connectivity index (χ0n) is 27.8. The SMILES string of the molecule is CC(C)Cc1nc2c(cnn2C2CCN(C(=O)OC(C)(C)C)C[C@H]2F)c(-c2ccc3c(c2)OCC(=O)N3Cc2ncc(Cl)cc2F)c1C#N. The first kappa shape index (κ1) is 34.0. The minimum absolute atomic E-state index is 0.0473. The van der Waals surface area contributed by atoms with Crippen molar-refractivity contribution in [2.75, 3.05) is 24.6 Å². The molecule has 2 atom stereocenters. The van der Waals surface area contributed by atoms with Crippen LogP contribution < -0.4 is 9.64 Å². The number of piperidine rings is 1. The number of pyridine rings is 2. The summed E-state index contributed by atoms with van der Waals surface area (Å²) in [5.74, 6) is -0.500. The maximum absolute atomic E-state index is 15.8. The highest BCUT2D eigenvalue weighted by atomic mass is 35.5. The van der Waals surface area contributed by atoms with E-state index in [0.717, 1.165) is 6.07 Å². The number of ether oxygens (including phenoxy) is 2. The third-order valence-electron chi connectivity index (χ3n) is 8.39. The third-order valence-corrected chi connectivity index (χ3v) is 8.59. The standard InChI is InChI=1S/C35H36ClF2N7O4/c1-19(2)10-26-22(13-39)32(20-6-7-29-30(11-20)48-18-31(46)44(29)17-27-24(37)12-21(36)14-40-27)23-15-41-45(33(23)42-26)28-8-9-43(16-25(28)38)34(47)49-35(3,4)5/h6-7,11-12,14-15,19,25,28H,8-10,16-18H2,1-5H3/t25-,28?/m1/s1. The molecule has 14 heteroatoms. The summed E-state index contributed by atoms with van der Waals surface area (Å²) in [7, 11) is 0. The van der Waals surface area contributed by atoms with Crippen molar-refractivity contribution in [2.45, 2.75) is 71.8 Å². The van der Waals surface area contributed by atoms with Gasteiger partial charge in [-0.15, -0.1) is 0 Å². The zero-order chi connectivity index (χ0) is 35.2. The van der Waals surface area contributed by atoms with Crippen molar-refractivity contribution in [3.8, 4) is 22.9 Å². The van der Waals surface area contributed by atoms with E-state index < -0.39 is 29.7 Å². The number of carbonyl (C=O) groups is 2. The lowest BCUT2D eigenvalue weighted by molar-refractivity contribution is -0.121. The van der Waals surface area contributed by atoms with E-state index in [9.17, 15) is 19.2 Å². The summed E-state index contributed by atoms with van der Waals surface area (Å²) in [6.45, 7) is 9.03. The molecule has 3 aromatic heterocycles. The molecule has 2 aliphatic heterocycles. The summed E-state index contributed by atoms with van der Waals surface area (Å²) in [5.41, 5.74) is 2.23. The molecule has 0 radical (unpaired) electrons. The predicted octanol–water partition coefficient (Wildman–Crippen LogP) is 6.80. The lowest BCUT2D eigenvalue weighted by Gasteiger charge is -2.35. The smallest absolute Gasteiger partial charge is 0.410 e. The van der Waals surface area contributed by atoms with E-state index >= 15 is 4.39 Å². The third kappa shape index (κ3) is 6.87. The summed E-state index contributed by atoms with van der Waals surface area (Å²) in [4.78, 5) is 37.3. The fraction of sp³-hybridized carbons (Fsp3) is 0.429. The van der Waals surface area contributed by atoms with E-state index in [1.165, 1.54) is 16.0 Å². The Morgan fingerprint density at radius 3 is 2.67 bits per heavy atom. The second kappa shape index (κ2) is 13.2. The maximum atomic E-state index is 15.8. The fourth-order valence-electron chi connectivity index (χ4n) is 6.21. The van der Waals surface area contributed by atoms with Gasteiger partial charge in [0.2, 0.25) is 0 Å². The van der Waals surface area contributed by atoms with Crippen molar-refractivity contribution in [2.24, 2.45) is 5.92 Å². The second-order valence-corrected chi connectivity index (χ2v) is 14.1. The van der Waals surface area contributed by atoms with Crippen LogP contribution in [-0.4, -0.2) is 68.1 Å². The number of rotatable bonds is 6. The number of nitriles is 1.